The Hall–Kier alpha value is -1.90. The maximum Gasteiger partial charge on any atom is 0.307 e. The third-order valence-electron chi connectivity index (χ3n) is 3.29. The lowest BCUT2D eigenvalue weighted by Gasteiger charge is -2.13. The van der Waals surface area contributed by atoms with Crippen LogP contribution in [0, 0.1) is 13.8 Å². The van der Waals surface area contributed by atoms with Crippen LogP contribution in [0.5, 0.6) is 0 Å². The maximum atomic E-state index is 11.1. The van der Waals surface area contributed by atoms with E-state index in [1.165, 1.54) is 0 Å². The lowest BCUT2D eigenvalue weighted by Crippen LogP contribution is -2.05. The molecule has 1 heterocycles. The summed E-state index contributed by atoms with van der Waals surface area (Å²) in [4.78, 5) is 15.7. The number of aryl methyl sites for hydroxylation is 2. The molecule has 0 aliphatic rings. The molecule has 0 amide bonds. The molecule has 0 saturated heterocycles. The minimum absolute atomic E-state index is 0.0443. The molecule has 3 nitrogen and oxygen atoms in total. The third kappa shape index (κ3) is 2.75. The molecule has 2 aromatic rings. The summed E-state index contributed by atoms with van der Waals surface area (Å²) in [7, 11) is 0. The Morgan fingerprint density at radius 1 is 1.26 bits per heavy atom. The molecule has 0 bridgehead atoms. The Morgan fingerprint density at radius 2 is 1.95 bits per heavy atom. The lowest BCUT2D eigenvalue weighted by atomic mass is 9.96. The minimum atomic E-state index is -0.804. The number of benzene rings is 1. The summed E-state index contributed by atoms with van der Waals surface area (Å²) in [6, 6.07) is 6.04. The van der Waals surface area contributed by atoms with Crippen molar-refractivity contribution in [3.8, 4) is 0 Å². The van der Waals surface area contributed by atoms with Gasteiger partial charge in [-0.1, -0.05) is 19.9 Å². The molecule has 0 saturated carbocycles. The number of carboxylic acid groups (broad SMARTS) is 1. The van der Waals surface area contributed by atoms with Crippen molar-refractivity contribution in [3.05, 3.63) is 40.6 Å². The van der Waals surface area contributed by atoms with Crippen molar-refractivity contribution in [2.45, 2.75) is 40.0 Å². The molecule has 0 radical (unpaired) electrons. The minimum Gasteiger partial charge on any atom is -0.481 e. The standard InChI is InChI=1S/C16H19NO2/c1-9(2)13-7-12(8-15(18)19)16-11(4)5-10(3)6-14(16)17-13/h5-7,9H,8H2,1-4H3,(H,18,19). The first kappa shape index (κ1) is 13.5. The van der Waals surface area contributed by atoms with Gasteiger partial charge < -0.3 is 5.11 Å². The van der Waals surface area contributed by atoms with Gasteiger partial charge in [0.1, 0.15) is 0 Å². The molecule has 0 fully saturated rings. The van der Waals surface area contributed by atoms with Crippen LogP contribution in [0.4, 0.5) is 0 Å². The molecular weight excluding hydrogens is 238 g/mol. The molecule has 2 rings (SSSR count). The van der Waals surface area contributed by atoms with Gasteiger partial charge >= 0.3 is 5.97 Å². The van der Waals surface area contributed by atoms with Gasteiger partial charge in [0.25, 0.3) is 0 Å². The Balaban J connectivity index is 2.78. The number of carboxylic acids is 1. The molecular formula is C16H19NO2. The Labute approximate surface area is 113 Å². The smallest absolute Gasteiger partial charge is 0.307 e. The number of hydrogen-bond acceptors (Lipinski definition) is 2. The summed E-state index contributed by atoms with van der Waals surface area (Å²) >= 11 is 0. The topological polar surface area (TPSA) is 50.2 Å². The Kier molecular flexibility index (Phi) is 3.56. The van der Waals surface area contributed by atoms with Gasteiger partial charge in [-0.25, -0.2) is 0 Å². The number of nitrogens with zero attached hydrogens (tertiary/aromatic N) is 1. The predicted molar refractivity (Wildman–Crippen MR) is 76.6 cm³/mol. The van der Waals surface area contributed by atoms with Crippen molar-refractivity contribution in [1.82, 2.24) is 4.98 Å². The van der Waals surface area contributed by atoms with Crippen LogP contribution in [0.3, 0.4) is 0 Å². The van der Waals surface area contributed by atoms with E-state index in [2.05, 4.69) is 24.9 Å². The van der Waals surface area contributed by atoms with Gasteiger partial charge in [0, 0.05) is 11.1 Å². The van der Waals surface area contributed by atoms with Gasteiger partial charge in [0.05, 0.1) is 11.9 Å². The van der Waals surface area contributed by atoms with Crippen molar-refractivity contribution in [1.29, 1.82) is 0 Å². The van der Waals surface area contributed by atoms with Gasteiger partial charge in [0.15, 0.2) is 0 Å². The summed E-state index contributed by atoms with van der Waals surface area (Å²) in [5.74, 6) is -0.514. The van der Waals surface area contributed by atoms with Crippen LogP contribution in [0.1, 0.15) is 42.1 Å². The van der Waals surface area contributed by atoms with Crippen molar-refractivity contribution in [2.24, 2.45) is 0 Å². The van der Waals surface area contributed by atoms with E-state index in [0.29, 0.717) is 0 Å². The number of rotatable bonds is 3. The molecule has 0 atom stereocenters. The zero-order valence-corrected chi connectivity index (χ0v) is 11.8. The van der Waals surface area contributed by atoms with Crippen LogP contribution in [-0.4, -0.2) is 16.1 Å². The zero-order valence-electron chi connectivity index (χ0n) is 11.8. The average Bonchev–Trinajstić information content (AvgIpc) is 2.26. The first-order valence-electron chi connectivity index (χ1n) is 6.51. The fourth-order valence-corrected chi connectivity index (χ4v) is 2.47. The first-order chi connectivity index (χ1) is 8.88. The van der Waals surface area contributed by atoms with Crippen LogP contribution < -0.4 is 0 Å². The third-order valence-corrected chi connectivity index (χ3v) is 3.29. The Morgan fingerprint density at radius 3 is 2.53 bits per heavy atom. The fraction of sp³-hybridized carbons (Fsp3) is 0.375. The van der Waals surface area contributed by atoms with Gasteiger partial charge in [-0.05, 0) is 48.6 Å². The number of aromatic nitrogens is 1. The van der Waals surface area contributed by atoms with Crippen LogP contribution in [0.15, 0.2) is 18.2 Å². The second-order valence-corrected chi connectivity index (χ2v) is 5.41. The monoisotopic (exact) mass is 257 g/mol. The van der Waals surface area contributed by atoms with E-state index in [1.807, 2.05) is 26.0 Å². The van der Waals surface area contributed by atoms with Crippen molar-refractivity contribution >= 4 is 16.9 Å². The van der Waals surface area contributed by atoms with Gasteiger partial charge in [-0.15, -0.1) is 0 Å². The number of aliphatic carboxylic acids is 1. The summed E-state index contributed by atoms with van der Waals surface area (Å²) in [6.45, 7) is 8.19. The first-order valence-corrected chi connectivity index (χ1v) is 6.51. The maximum absolute atomic E-state index is 11.1. The molecule has 1 aromatic carbocycles. The largest absolute Gasteiger partial charge is 0.481 e. The van der Waals surface area contributed by atoms with Crippen LogP contribution in [-0.2, 0) is 11.2 Å². The van der Waals surface area contributed by atoms with E-state index in [4.69, 9.17) is 5.11 Å². The Bertz CT molecular complexity index is 645. The molecule has 3 heteroatoms. The van der Waals surface area contributed by atoms with E-state index in [0.717, 1.165) is 33.3 Å². The highest BCUT2D eigenvalue weighted by Gasteiger charge is 2.13. The molecule has 0 unspecified atom stereocenters. The van der Waals surface area contributed by atoms with Crippen LogP contribution >= 0.6 is 0 Å². The van der Waals surface area contributed by atoms with Crippen LogP contribution in [0.25, 0.3) is 10.9 Å². The van der Waals surface area contributed by atoms with Gasteiger partial charge in [0.2, 0.25) is 0 Å². The lowest BCUT2D eigenvalue weighted by molar-refractivity contribution is -0.136. The number of fused-ring (bicyclic) bond motifs is 1. The average molecular weight is 257 g/mol. The number of hydrogen-bond donors (Lipinski definition) is 1. The molecule has 100 valence electrons. The normalized spacial score (nSPS) is 11.2. The van der Waals surface area contributed by atoms with E-state index in [1.54, 1.807) is 0 Å². The molecule has 1 aromatic heterocycles. The van der Waals surface area contributed by atoms with E-state index < -0.39 is 5.97 Å². The van der Waals surface area contributed by atoms with Crippen molar-refractivity contribution in [3.63, 3.8) is 0 Å². The quantitative estimate of drug-likeness (QED) is 0.914. The fourth-order valence-electron chi connectivity index (χ4n) is 2.47. The second-order valence-electron chi connectivity index (χ2n) is 5.41. The van der Waals surface area contributed by atoms with Crippen LogP contribution in [0.2, 0.25) is 0 Å². The highest BCUT2D eigenvalue weighted by molar-refractivity contribution is 5.89. The molecule has 19 heavy (non-hydrogen) atoms. The molecule has 0 aliphatic carbocycles. The zero-order chi connectivity index (χ0) is 14.2. The molecule has 0 spiro atoms. The molecule has 1 N–H and O–H groups in total. The summed E-state index contributed by atoms with van der Waals surface area (Å²) in [5.41, 5.74) is 4.96. The van der Waals surface area contributed by atoms with Gasteiger partial charge in [-0.2, -0.15) is 0 Å². The molecule has 0 aliphatic heterocycles. The predicted octanol–water partition coefficient (Wildman–Crippen LogP) is 3.60. The van der Waals surface area contributed by atoms with Gasteiger partial charge in [-0.3, -0.25) is 9.78 Å². The van der Waals surface area contributed by atoms with E-state index >= 15 is 0 Å². The van der Waals surface area contributed by atoms with Crippen molar-refractivity contribution < 1.29 is 9.90 Å². The summed E-state index contributed by atoms with van der Waals surface area (Å²) < 4.78 is 0. The summed E-state index contributed by atoms with van der Waals surface area (Å²) in [5, 5.41) is 10.1. The van der Waals surface area contributed by atoms with E-state index in [9.17, 15) is 4.79 Å². The summed E-state index contributed by atoms with van der Waals surface area (Å²) in [6.07, 6.45) is 0.0443. The SMILES string of the molecule is Cc1cc(C)c2c(CC(=O)O)cc(C(C)C)nc2c1. The second kappa shape index (κ2) is 5.00. The van der Waals surface area contributed by atoms with Crippen molar-refractivity contribution in [2.75, 3.05) is 0 Å². The number of pyridine rings is 1. The highest BCUT2D eigenvalue weighted by Crippen LogP contribution is 2.26. The number of carbonyl (C=O) groups is 1. The highest BCUT2D eigenvalue weighted by atomic mass is 16.4. The van der Waals surface area contributed by atoms with E-state index in [-0.39, 0.29) is 12.3 Å².